The summed E-state index contributed by atoms with van der Waals surface area (Å²) in [5, 5.41) is 0. The molecule has 1 aromatic rings. The van der Waals surface area contributed by atoms with Crippen LogP contribution in [0.5, 0.6) is 0 Å². The number of sulfonamides is 1. The third-order valence-corrected chi connectivity index (χ3v) is 11.3. The molecule has 4 aliphatic rings. The van der Waals surface area contributed by atoms with Crippen LogP contribution in [0, 0.1) is 23.2 Å². The molecule has 5 rings (SSSR count). The van der Waals surface area contributed by atoms with Crippen LogP contribution in [0.1, 0.15) is 64.2 Å². The van der Waals surface area contributed by atoms with Gasteiger partial charge in [-0.3, -0.25) is 0 Å². The summed E-state index contributed by atoms with van der Waals surface area (Å²) in [7, 11) is -3.43. The Balaban J connectivity index is 1.37. The van der Waals surface area contributed by atoms with E-state index in [4.69, 9.17) is 0 Å². The van der Waals surface area contributed by atoms with Gasteiger partial charge in [-0.15, -0.1) is 0 Å². The minimum absolute atomic E-state index is 0.382. The fourth-order valence-electron chi connectivity index (χ4n) is 7.30. The normalized spacial score (nSPS) is 30.5. The Labute approximate surface area is 196 Å². The van der Waals surface area contributed by atoms with Crippen molar-refractivity contribution in [3.05, 3.63) is 28.7 Å². The summed E-state index contributed by atoms with van der Waals surface area (Å²) < 4.78 is 29.7. The monoisotopic (exact) mass is 508 g/mol. The number of rotatable bonds is 4. The molecule has 2 aliphatic heterocycles. The predicted molar refractivity (Wildman–Crippen MR) is 128 cm³/mol. The highest BCUT2D eigenvalue weighted by Crippen LogP contribution is 2.54. The van der Waals surface area contributed by atoms with Crippen molar-refractivity contribution >= 4 is 26.0 Å². The molecule has 0 N–H and O–H groups in total. The Morgan fingerprint density at radius 1 is 0.839 bits per heavy atom. The highest BCUT2D eigenvalue weighted by Gasteiger charge is 2.55. The van der Waals surface area contributed by atoms with Gasteiger partial charge in [0.15, 0.2) is 0 Å². The topological polar surface area (TPSA) is 40.6 Å². The summed E-state index contributed by atoms with van der Waals surface area (Å²) in [6.07, 6.45) is 13.6. The molecule has 172 valence electrons. The standard InChI is InChI=1S/C25H37BrN2O2S/c26-23-9-11-24(12-10-23)31(29,30)28-18-21-16-27(15-20-7-3-1-4-8-20)17-22(19-28)25(21)13-5-2-6-14-25/h9-12,20-22H,1-8,13-19H2. The van der Waals surface area contributed by atoms with Gasteiger partial charge in [-0.05, 0) is 73.1 Å². The maximum Gasteiger partial charge on any atom is 0.243 e. The molecule has 2 saturated heterocycles. The van der Waals surface area contributed by atoms with E-state index in [0.717, 1.165) is 23.5 Å². The van der Waals surface area contributed by atoms with Gasteiger partial charge in [-0.1, -0.05) is 54.5 Å². The molecule has 4 fully saturated rings. The number of hydrogen-bond acceptors (Lipinski definition) is 3. The quantitative estimate of drug-likeness (QED) is 0.536. The first-order chi connectivity index (χ1) is 15.0. The van der Waals surface area contributed by atoms with E-state index in [2.05, 4.69) is 20.8 Å². The number of halogens is 1. The van der Waals surface area contributed by atoms with Crippen molar-refractivity contribution in [3.63, 3.8) is 0 Å². The van der Waals surface area contributed by atoms with Crippen LogP contribution in [0.2, 0.25) is 0 Å². The number of likely N-dealkylation sites (tertiary alicyclic amines) is 1. The maximum absolute atomic E-state index is 13.5. The summed E-state index contributed by atoms with van der Waals surface area (Å²) in [6, 6.07) is 7.17. The van der Waals surface area contributed by atoms with Gasteiger partial charge in [0.2, 0.25) is 10.0 Å². The van der Waals surface area contributed by atoms with Crippen molar-refractivity contribution in [3.8, 4) is 0 Å². The van der Waals surface area contributed by atoms with Crippen LogP contribution < -0.4 is 0 Å². The lowest BCUT2D eigenvalue weighted by molar-refractivity contribution is -0.0963. The molecule has 2 saturated carbocycles. The fourth-order valence-corrected chi connectivity index (χ4v) is 9.10. The minimum atomic E-state index is -3.43. The third-order valence-electron chi connectivity index (χ3n) is 8.91. The zero-order valence-electron chi connectivity index (χ0n) is 18.6. The van der Waals surface area contributed by atoms with E-state index in [1.807, 2.05) is 16.4 Å². The van der Waals surface area contributed by atoms with Gasteiger partial charge in [-0.2, -0.15) is 4.31 Å². The Morgan fingerprint density at radius 2 is 1.42 bits per heavy atom. The smallest absolute Gasteiger partial charge is 0.243 e. The van der Waals surface area contributed by atoms with Crippen LogP contribution in [-0.4, -0.2) is 50.3 Å². The molecular formula is C25H37BrN2O2S. The lowest BCUT2D eigenvalue weighted by Crippen LogP contribution is -2.64. The number of hydrogen-bond donors (Lipinski definition) is 0. The van der Waals surface area contributed by atoms with Gasteiger partial charge in [-0.25, -0.2) is 8.42 Å². The molecule has 1 spiro atoms. The first-order valence-electron chi connectivity index (χ1n) is 12.5. The summed E-state index contributed by atoms with van der Waals surface area (Å²) in [5.41, 5.74) is 0.382. The average molecular weight is 510 g/mol. The summed E-state index contributed by atoms with van der Waals surface area (Å²) in [6.45, 7) is 4.84. The van der Waals surface area contributed by atoms with Gasteiger partial charge >= 0.3 is 0 Å². The predicted octanol–water partition coefficient (Wildman–Crippen LogP) is 5.53. The highest BCUT2D eigenvalue weighted by atomic mass is 79.9. The van der Waals surface area contributed by atoms with Crippen LogP contribution in [0.4, 0.5) is 0 Å². The van der Waals surface area contributed by atoms with E-state index in [-0.39, 0.29) is 0 Å². The molecule has 2 heterocycles. The van der Waals surface area contributed by atoms with Crippen molar-refractivity contribution in [2.24, 2.45) is 23.2 Å². The molecule has 2 aliphatic carbocycles. The molecule has 0 aromatic heterocycles. The van der Waals surface area contributed by atoms with Crippen LogP contribution >= 0.6 is 15.9 Å². The molecule has 31 heavy (non-hydrogen) atoms. The summed E-state index contributed by atoms with van der Waals surface area (Å²) in [5.74, 6) is 1.82. The Kier molecular flexibility index (Phi) is 6.55. The van der Waals surface area contributed by atoms with Crippen molar-refractivity contribution in [2.75, 3.05) is 32.7 Å². The molecule has 2 atom stereocenters. The van der Waals surface area contributed by atoms with Crippen LogP contribution in [0.15, 0.2) is 33.6 Å². The lowest BCUT2D eigenvalue weighted by atomic mass is 9.55. The van der Waals surface area contributed by atoms with E-state index >= 15 is 0 Å². The van der Waals surface area contributed by atoms with Gasteiger partial charge in [0.25, 0.3) is 0 Å². The van der Waals surface area contributed by atoms with Gasteiger partial charge in [0, 0.05) is 37.2 Å². The molecule has 1 aromatic carbocycles. The summed E-state index contributed by atoms with van der Waals surface area (Å²) >= 11 is 3.43. The van der Waals surface area contributed by atoms with E-state index in [1.165, 1.54) is 70.8 Å². The van der Waals surface area contributed by atoms with Crippen molar-refractivity contribution in [1.29, 1.82) is 0 Å². The second-order valence-corrected chi connectivity index (χ2v) is 13.5. The van der Waals surface area contributed by atoms with E-state index in [1.54, 1.807) is 12.1 Å². The van der Waals surface area contributed by atoms with Crippen molar-refractivity contribution in [2.45, 2.75) is 69.1 Å². The molecular weight excluding hydrogens is 472 g/mol. The molecule has 2 unspecified atom stereocenters. The Bertz CT molecular complexity index is 842. The second kappa shape index (κ2) is 9.08. The van der Waals surface area contributed by atoms with Crippen LogP contribution in [0.3, 0.4) is 0 Å². The van der Waals surface area contributed by atoms with Crippen LogP contribution in [-0.2, 0) is 10.0 Å². The van der Waals surface area contributed by atoms with Gasteiger partial charge in [0.1, 0.15) is 0 Å². The molecule has 6 heteroatoms. The SMILES string of the molecule is O=S(=O)(c1ccc(Br)cc1)N1CC2CN(CC3CCCCC3)CC(C1)C21CCCCC1. The lowest BCUT2D eigenvalue weighted by Gasteiger charge is -2.60. The summed E-state index contributed by atoms with van der Waals surface area (Å²) in [4.78, 5) is 3.17. The van der Waals surface area contributed by atoms with Crippen molar-refractivity contribution < 1.29 is 8.42 Å². The molecule has 0 radical (unpaired) electrons. The Morgan fingerprint density at radius 3 is 2.03 bits per heavy atom. The zero-order chi connectivity index (χ0) is 21.5. The largest absolute Gasteiger partial charge is 0.302 e. The van der Waals surface area contributed by atoms with E-state index in [9.17, 15) is 8.42 Å². The number of nitrogens with zero attached hydrogens (tertiary/aromatic N) is 2. The second-order valence-electron chi connectivity index (χ2n) is 10.7. The number of piperidine rings is 2. The van der Waals surface area contributed by atoms with Gasteiger partial charge in [0.05, 0.1) is 4.90 Å². The van der Waals surface area contributed by atoms with E-state index < -0.39 is 10.0 Å². The van der Waals surface area contributed by atoms with E-state index in [0.29, 0.717) is 35.2 Å². The zero-order valence-corrected chi connectivity index (χ0v) is 21.0. The first-order valence-corrected chi connectivity index (χ1v) is 14.7. The van der Waals surface area contributed by atoms with Crippen molar-refractivity contribution in [1.82, 2.24) is 9.21 Å². The minimum Gasteiger partial charge on any atom is -0.302 e. The fraction of sp³-hybridized carbons (Fsp3) is 0.760. The van der Waals surface area contributed by atoms with Crippen LogP contribution in [0.25, 0.3) is 0 Å². The molecule has 0 amide bonds. The molecule has 4 nitrogen and oxygen atoms in total. The van der Waals surface area contributed by atoms with Gasteiger partial charge < -0.3 is 4.90 Å². The third kappa shape index (κ3) is 4.39. The number of benzene rings is 1. The molecule has 2 bridgehead atoms. The average Bonchev–Trinajstić information content (AvgIpc) is 2.76. The maximum atomic E-state index is 13.5. The Hall–Kier alpha value is -0.430. The first kappa shape index (κ1) is 22.4. The highest BCUT2D eigenvalue weighted by molar-refractivity contribution is 9.10.